The molecular weight excluding hydrogens is 428 g/mol. The first-order chi connectivity index (χ1) is 14.5. The number of carbonyl (C=O) groups is 3. The van der Waals surface area contributed by atoms with Gasteiger partial charge in [0, 0.05) is 28.7 Å². The molecule has 4 rings (SSSR count). The Balaban J connectivity index is 1.36. The van der Waals surface area contributed by atoms with Crippen molar-refractivity contribution >= 4 is 51.7 Å². The van der Waals surface area contributed by atoms with Crippen molar-refractivity contribution in [3.63, 3.8) is 0 Å². The molecule has 1 atom stereocenters. The van der Waals surface area contributed by atoms with E-state index in [0.717, 1.165) is 17.0 Å². The minimum absolute atomic E-state index is 0.0610. The average Bonchev–Trinajstić information content (AvgIpc) is 3.38. The van der Waals surface area contributed by atoms with Crippen molar-refractivity contribution in [1.29, 1.82) is 0 Å². The summed E-state index contributed by atoms with van der Waals surface area (Å²) in [7, 11) is 0. The Labute approximate surface area is 182 Å². The maximum Gasteiger partial charge on any atom is 0.325 e. The number of amides is 3. The molecular formula is C20H21ClN4O4S. The van der Waals surface area contributed by atoms with Crippen molar-refractivity contribution < 1.29 is 19.1 Å². The number of anilines is 2. The molecule has 1 N–H and O–H groups in total. The van der Waals surface area contributed by atoms with Gasteiger partial charge in [-0.15, -0.1) is 11.3 Å². The van der Waals surface area contributed by atoms with Crippen LogP contribution in [-0.4, -0.2) is 54.0 Å². The molecule has 158 valence electrons. The number of nitrogens with one attached hydrogen (secondary N) is 1. The van der Waals surface area contributed by atoms with E-state index in [9.17, 15) is 14.4 Å². The van der Waals surface area contributed by atoms with Gasteiger partial charge in [-0.2, -0.15) is 0 Å². The first-order valence-electron chi connectivity index (χ1n) is 9.74. The van der Waals surface area contributed by atoms with E-state index in [2.05, 4.69) is 10.3 Å². The van der Waals surface area contributed by atoms with E-state index < -0.39 is 0 Å². The number of esters is 1. The van der Waals surface area contributed by atoms with Crippen LogP contribution < -0.4 is 10.2 Å². The van der Waals surface area contributed by atoms with Crippen molar-refractivity contribution in [3.05, 3.63) is 39.9 Å². The lowest BCUT2D eigenvalue weighted by Crippen LogP contribution is -2.37. The molecule has 10 heteroatoms. The number of urea groups is 1. The van der Waals surface area contributed by atoms with Gasteiger partial charge in [-0.3, -0.25) is 14.5 Å². The number of halogens is 1. The van der Waals surface area contributed by atoms with Crippen LogP contribution in [0.4, 0.5) is 15.6 Å². The van der Waals surface area contributed by atoms with Crippen molar-refractivity contribution in [2.45, 2.75) is 25.7 Å². The lowest BCUT2D eigenvalue weighted by molar-refractivity contribution is -0.145. The molecule has 1 fully saturated rings. The van der Waals surface area contributed by atoms with Crippen LogP contribution in [0.25, 0.3) is 0 Å². The number of carbonyl (C=O) groups excluding carboxylic acids is 3. The Bertz CT molecular complexity index is 978. The van der Waals surface area contributed by atoms with Gasteiger partial charge in [-0.05, 0) is 44.0 Å². The molecule has 1 saturated heterocycles. The summed E-state index contributed by atoms with van der Waals surface area (Å²) in [5.41, 5.74) is 1.44. The maximum atomic E-state index is 12.6. The highest BCUT2D eigenvalue weighted by Crippen LogP contribution is 2.39. The number of rotatable bonds is 6. The number of hydrogen-bond acceptors (Lipinski definition) is 6. The summed E-state index contributed by atoms with van der Waals surface area (Å²) >= 11 is 7.27. The number of aryl methyl sites for hydroxylation is 1. The number of aromatic nitrogens is 1. The number of nitrogens with zero attached hydrogens (tertiary/aromatic N) is 3. The zero-order chi connectivity index (χ0) is 21.3. The van der Waals surface area contributed by atoms with Crippen LogP contribution in [-0.2, 0) is 20.7 Å². The van der Waals surface area contributed by atoms with E-state index in [1.54, 1.807) is 36.1 Å². The predicted octanol–water partition coefficient (Wildman–Crippen LogP) is 3.27. The van der Waals surface area contributed by atoms with E-state index in [4.69, 9.17) is 16.3 Å². The molecule has 0 bridgehead atoms. The smallest absolute Gasteiger partial charge is 0.325 e. The van der Waals surface area contributed by atoms with Gasteiger partial charge >= 0.3 is 12.0 Å². The lowest BCUT2D eigenvalue weighted by atomic mass is 10.1. The van der Waals surface area contributed by atoms with Gasteiger partial charge in [-0.25, -0.2) is 9.78 Å². The third-order valence-corrected chi connectivity index (χ3v) is 6.40. The zero-order valence-corrected chi connectivity index (χ0v) is 18.0. The van der Waals surface area contributed by atoms with E-state index in [-0.39, 0.29) is 30.4 Å². The fourth-order valence-electron chi connectivity index (χ4n) is 3.67. The van der Waals surface area contributed by atoms with E-state index in [1.165, 1.54) is 16.2 Å². The van der Waals surface area contributed by atoms with E-state index >= 15 is 0 Å². The topological polar surface area (TPSA) is 91.8 Å². The van der Waals surface area contributed by atoms with Gasteiger partial charge in [0.2, 0.25) is 5.91 Å². The number of ether oxygens (including phenoxy) is 1. The van der Waals surface area contributed by atoms with Crippen LogP contribution >= 0.6 is 22.9 Å². The highest BCUT2D eigenvalue weighted by molar-refractivity contribution is 7.16. The van der Waals surface area contributed by atoms with E-state index in [0.29, 0.717) is 42.0 Å². The second kappa shape index (κ2) is 8.61. The Hall–Kier alpha value is -2.65. The van der Waals surface area contributed by atoms with Gasteiger partial charge < -0.3 is 15.0 Å². The third kappa shape index (κ3) is 4.13. The van der Waals surface area contributed by atoms with Crippen LogP contribution in [0.15, 0.2) is 24.3 Å². The summed E-state index contributed by atoms with van der Waals surface area (Å²) in [6.45, 7) is 2.99. The molecule has 0 saturated carbocycles. The van der Waals surface area contributed by atoms with Gasteiger partial charge in [0.25, 0.3) is 0 Å². The fraction of sp³-hybridized carbons (Fsp3) is 0.400. The molecule has 0 spiro atoms. The molecule has 3 amide bonds. The molecule has 1 aliphatic carbocycles. The molecule has 2 heterocycles. The standard InChI is InChI=1S/C20H21ClN4O4S/c1-2-29-18(27)14-7-8-15-17(14)23-19(30-15)22-16(26)11-24-9-10-25(20(24)28)13-5-3-12(21)4-6-13/h3-6,14H,2,7-11H2,1H3,(H,22,23,26). The largest absolute Gasteiger partial charge is 0.465 e. The summed E-state index contributed by atoms with van der Waals surface area (Å²) in [5.74, 6) is -0.958. The van der Waals surface area contributed by atoms with Crippen LogP contribution in [0.3, 0.4) is 0 Å². The normalized spacial score (nSPS) is 17.9. The molecule has 8 nitrogen and oxygen atoms in total. The summed E-state index contributed by atoms with van der Waals surface area (Å²) in [6.07, 6.45) is 1.43. The van der Waals surface area contributed by atoms with Crippen LogP contribution in [0.5, 0.6) is 0 Å². The van der Waals surface area contributed by atoms with Gasteiger partial charge in [0.05, 0.1) is 12.3 Å². The van der Waals surface area contributed by atoms with Crippen molar-refractivity contribution in [2.75, 3.05) is 36.5 Å². The summed E-state index contributed by atoms with van der Waals surface area (Å²) < 4.78 is 5.11. The Morgan fingerprint density at radius 1 is 1.30 bits per heavy atom. The Morgan fingerprint density at radius 3 is 2.80 bits per heavy atom. The van der Waals surface area contributed by atoms with E-state index in [1.807, 2.05) is 0 Å². The zero-order valence-electron chi connectivity index (χ0n) is 16.4. The van der Waals surface area contributed by atoms with Gasteiger partial charge in [0.1, 0.15) is 12.5 Å². The lowest BCUT2D eigenvalue weighted by Gasteiger charge is -2.18. The summed E-state index contributed by atoms with van der Waals surface area (Å²) in [5, 5.41) is 3.80. The molecule has 30 heavy (non-hydrogen) atoms. The predicted molar refractivity (Wildman–Crippen MR) is 114 cm³/mol. The third-order valence-electron chi connectivity index (χ3n) is 5.10. The van der Waals surface area contributed by atoms with Crippen molar-refractivity contribution in [2.24, 2.45) is 0 Å². The Morgan fingerprint density at radius 2 is 2.07 bits per heavy atom. The molecule has 0 radical (unpaired) electrons. The highest BCUT2D eigenvalue weighted by atomic mass is 35.5. The van der Waals surface area contributed by atoms with Crippen LogP contribution in [0.1, 0.15) is 29.8 Å². The second-order valence-electron chi connectivity index (χ2n) is 7.05. The summed E-state index contributed by atoms with van der Waals surface area (Å²) in [4.78, 5) is 45.7. The van der Waals surface area contributed by atoms with Gasteiger partial charge in [0.15, 0.2) is 5.13 Å². The number of fused-ring (bicyclic) bond motifs is 1. The second-order valence-corrected chi connectivity index (χ2v) is 8.57. The highest BCUT2D eigenvalue weighted by Gasteiger charge is 2.34. The van der Waals surface area contributed by atoms with Crippen LogP contribution in [0, 0.1) is 0 Å². The SMILES string of the molecule is CCOC(=O)C1CCc2sc(NC(=O)CN3CCN(c4ccc(Cl)cc4)C3=O)nc21. The van der Waals surface area contributed by atoms with Crippen molar-refractivity contribution in [3.8, 4) is 0 Å². The van der Waals surface area contributed by atoms with Gasteiger partial charge in [-0.1, -0.05) is 11.6 Å². The first-order valence-corrected chi connectivity index (χ1v) is 10.9. The van der Waals surface area contributed by atoms with Crippen LogP contribution in [0.2, 0.25) is 5.02 Å². The number of benzene rings is 1. The molecule has 2 aliphatic rings. The Kier molecular flexibility index (Phi) is 5.92. The quantitative estimate of drug-likeness (QED) is 0.685. The average molecular weight is 449 g/mol. The molecule has 1 aliphatic heterocycles. The maximum absolute atomic E-state index is 12.6. The number of hydrogen-bond donors (Lipinski definition) is 1. The minimum atomic E-state index is -0.366. The minimum Gasteiger partial charge on any atom is -0.465 e. The number of thiazole rings is 1. The van der Waals surface area contributed by atoms with Crippen molar-refractivity contribution in [1.82, 2.24) is 9.88 Å². The molecule has 1 unspecified atom stereocenters. The molecule has 1 aromatic carbocycles. The molecule has 2 aromatic rings. The fourth-order valence-corrected chi connectivity index (χ4v) is 4.86. The monoisotopic (exact) mass is 448 g/mol. The molecule has 1 aromatic heterocycles. The summed E-state index contributed by atoms with van der Waals surface area (Å²) in [6, 6.07) is 6.79. The first kappa shape index (κ1) is 20.6.